The van der Waals surface area contributed by atoms with Gasteiger partial charge in [0.15, 0.2) is 0 Å². The number of aromatic amines is 1. The van der Waals surface area contributed by atoms with E-state index in [0.29, 0.717) is 19.0 Å². The minimum absolute atomic E-state index is 0. The molecule has 26 heavy (non-hydrogen) atoms. The molecule has 0 saturated carbocycles. The molecule has 0 bridgehead atoms. The van der Waals surface area contributed by atoms with Gasteiger partial charge in [0.05, 0.1) is 24.3 Å². The van der Waals surface area contributed by atoms with Crippen LogP contribution in [0.4, 0.5) is 0 Å². The van der Waals surface area contributed by atoms with Crippen LogP contribution in [0.1, 0.15) is 48.4 Å². The van der Waals surface area contributed by atoms with Gasteiger partial charge in [-0.25, -0.2) is 15.0 Å². The Labute approximate surface area is 165 Å². The van der Waals surface area contributed by atoms with E-state index in [4.69, 9.17) is 0 Å². The molecule has 4 rings (SSSR count). The quantitative estimate of drug-likeness (QED) is 0.824. The maximum atomic E-state index is 13.0. The molecule has 2 aliphatic heterocycles. The topological polar surface area (TPSA) is 86.8 Å². The number of H-pyrrole nitrogens is 1. The zero-order valence-corrected chi connectivity index (χ0v) is 16.5. The first-order valence-electron chi connectivity index (χ1n) is 8.50. The Hall–Kier alpha value is -1.70. The Kier molecular flexibility index (Phi) is 6.60. The number of imidazole rings is 1. The second-order valence-corrected chi connectivity index (χ2v) is 6.95. The molecule has 2 aliphatic rings. The molecule has 0 aliphatic carbocycles. The van der Waals surface area contributed by atoms with Crippen molar-refractivity contribution in [2.45, 2.75) is 45.8 Å². The number of nitrogens with zero attached hydrogens (tertiary/aromatic N) is 4. The van der Waals surface area contributed by atoms with E-state index >= 15 is 0 Å². The summed E-state index contributed by atoms with van der Waals surface area (Å²) in [5.41, 5.74) is 3.91. The minimum Gasteiger partial charge on any atom is -0.348 e. The van der Waals surface area contributed by atoms with Gasteiger partial charge in [0.1, 0.15) is 11.9 Å². The van der Waals surface area contributed by atoms with Gasteiger partial charge in [-0.3, -0.25) is 4.79 Å². The standard InChI is InChI=1S/C17H22N6O.2ClH/c1-10(2)5-14-19-6-11-7-23(8-13(11)22-14)17(24)16-15-12(3-4-18-16)20-9-21-15;;/h6,9-10,16,18H,3-5,7-8H2,1-2H3,(H,20,21);2*1H. The molecular weight excluding hydrogens is 375 g/mol. The Bertz CT molecular complexity index is 778. The molecule has 7 nitrogen and oxygen atoms in total. The zero-order chi connectivity index (χ0) is 16.7. The normalized spacial score (nSPS) is 18.0. The number of hydrogen-bond donors (Lipinski definition) is 2. The highest BCUT2D eigenvalue weighted by atomic mass is 35.5. The van der Waals surface area contributed by atoms with Gasteiger partial charge in [0.25, 0.3) is 0 Å². The van der Waals surface area contributed by atoms with Crippen molar-refractivity contribution in [3.8, 4) is 0 Å². The largest absolute Gasteiger partial charge is 0.348 e. The smallest absolute Gasteiger partial charge is 0.246 e. The van der Waals surface area contributed by atoms with Gasteiger partial charge < -0.3 is 15.2 Å². The number of amides is 1. The van der Waals surface area contributed by atoms with Crippen molar-refractivity contribution in [3.63, 3.8) is 0 Å². The number of carbonyl (C=O) groups is 1. The SMILES string of the molecule is CC(C)Cc1ncc2c(n1)CN(C(=O)C1NCCc3[nH]cnc31)C2.Cl.Cl. The monoisotopic (exact) mass is 398 g/mol. The lowest BCUT2D eigenvalue weighted by atomic mass is 10.0. The second kappa shape index (κ2) is 8.33. The van der Waals surface area contributed by atoms with Gasteiger partial charge in [0, 0.05) is 43.4 Å². The van der Waals surface area contributed by atoms with Crippen molar-refractivity contribution in [1.82, 2.24) is 30.2 Å². The van der Waals surface area contributed by atoms with E-state index in [1.807, 2.05) is 11.1 Å². The van der Waals surface area contributed by atoms with Gasteiger partial charge in [-0.2, -0.15) is 0 Å². The number of fused-ring (bicyclic) bond motifs is 2. The summed E-state index contributed by atoms with van der Waals surface area (Å²) in [7, 11) is 0. The van der Waals surface area contributed by atoms with Crippen LogP contribution in [0, 0.1) is 5.92 Å². The number of hydrogen-bond acceptors (Lipinski definition) is 5. The molecule has 4 heterocycles. The van der Waals surface area contributed by atoms with Crippen molar-refractivity contribution in [2.24, 2.45) is 5.92 Å². The number of aromatic nitrogens is 4. The first-order chi connectivity index (χ1) is 11.6. The summed E-state index contributed by atoms with van der Waals surface area (Å²) < 4.78 is 0. The van der Waals surface area contributed by atoms with E-state index in [1.165, 1.54) is 0 Å². The molecule has 0 radical (unpaired) electrons. The van der Waals surface area contributed by atoms with Gasteiger partial charge in [-0.1, -0.05) is 13.8 Å². The average Bonchev–Trinajstić information content (AvgIpc) is 3.19. The zero-order valence-electron chi connectivity index (χ0n) is 14.9. The van der Waals surface area contributed by atoms with E-state index in [0.717, 1.165) is 47.9 Å². The van der Waals surface area contributed by atoms with Crippen molar-refractivity contribution < 1.29 is 4.79 Å². The van der Waals surface area contributed by atoms with Gasteiger partial charge in [-0.05, 0) is 5.92 Å². The van der Waals surface area contributed by atoms with Gasteiger partial charge in [0.2, 0.25) is 5.91 Å². The van der Waals surface area contributed by atoms with E-state index in [-0.39, 0.29) is 36.8 Å². The lowest BCUT2D eigenvalue weighted by Gasteiger charge is -2.26. The maximum Gasteiger partial charge on any atom is 0.246 e. The van der Waals surface area contributed by atoms with Crippen molar-refractivity contribution in [3.05, 3.63) is 41.0 Å². The molecule has 142 valence electrons. The molecule has 0 saturated heterocycles. The van der Waals surface area contributed by atoms with Crippen LogP contribution in [0.25, 0.3) is 0 Å². The van der Waals surface area contributed by atoms with Crippen LogP contribution in [0.15, 0.2) is 12.5 Å². The maximum absolute atomic E-state index is 13.0. The average molecular weight is 399 g/mol. The molecule has 1 amide bonds. The Morgan fingerprint density at radius 3 is 2.88 bits per heavy atom. The fourth-order valence-corrected chi connectivity index (χ4v) is 3.42. The number of rotatable bonds is 3. The third-order valence-electron chi connectivity index (χ3n) is 4.60. The summed E-state index contributed by atoms with van der Waals surface area (Å²) >= 11 is 0. The van der Waals surface area contributed by atoms with Crippen LogP contribution in [0.5, 0.6) is 0 Å². The van der Waals surface area contributed by atoms with Crippen molar-refractivity contribution in [2.75, 3.05) is 6.54 Å². The highest BCUT2D eigenvalue weighted by Gasteiger charge is 2.34. The van der Waals surface area contributed by atoms with E-state index < -0.39 is 0 Å². The van der Waals surface area contributed by atoms with Crippen LogP contribution in [-0.2, 0) is 30.7 Å². The van der Waals surface area contributed by atoms with Crippen molar-refractivity contribution >= 4 is 30.7 Å². The van der Waals surface area contributed by atoms with Crippen LogP contribution in [0.2, 0.25) is 0 Å². The summed E-state index contributed by atoms with van der Waals surface area (Å²) in [5, 5.41) is 3.29. The van der Waals surface area contributed by atoms with Crippen molar-refractivity contribution in [1.29, 1.82) is 0 Å². The lowest BCUT2D eigenvalue weighted by molar-refractivity contribution is -0.134. The fraction of sp³-hybridized carbons (Fsp3) is 0.529. The van der Waals surface area contributed by atoms with E-state index in [1.54, 1.807) is 6.33 Å². The first kappa shape index (κ1) is 20.6. The minimum atomic E-state index is -0.364. The third kappa shape index (κ3) is 3.84. The predicted molar refractivity (Wildman–Crippen MR) is 102 cm³/mol. The third-order valence-corrected chi connectivity index (χ3v) is 4.60. The lowest BCUT2D eigenvalue weighted by Crippen LogP contribution is -2.42. The predicted octanol–water partition coefficient (Wildman–Crippen LogP) is 1.97. The molecule has 1 atom stereocenters. The first-order valence-corrected chi connectivity index (χ1v) is 8.50. The molecular formula is C17H24Cl2N6O. The summed E-state index contributed by atoms with van der Waals surface area (Å²) in [6.07, 6.45) is 5.29. The number of halogens is 2. The van der Waals surface area contributed by atoms with Gasteiger partial charge >= 0.3 is 0 Å². The Balaban J connectivity index is 0.00000121. The highest BCUT2D eigenvalue weighted by molar-refractivity contribution is 5.85. The van der Waals surface area contributed by atoms with E-state index in [9.17, 15) is 4.79 Å². The molecule has 0 spiro atoms. The highest BCUT2D eigenvalue weighted by Crippen LogP contribution is 2.27. The van der Waals surface area contributed by atoms with Gasteiger partial charge in [-0.15, -0.1) is 24.8 Å². The van der Waals surface area contributed by atoms with Crippen LogP contribution < -0.4 is 5.32 Å². The molecule has 2 aromatic rings. The van der Waals surface area contributed by atoms with Crippen LogP contribution >= 0.6 is 24.8 Å². The summed E-state index contributed by atoms with van der Waals surface area (Å²) in [6, 6.07) is -0.364. The molecule has 2 aromatic heterocycles. The number of carbonyl (C=O) groups excluding carboxylic acids is 1. The van der Waals surface area contributed by atoms with E-state index in [2.05, 4.69) is 39.1 Å². The Morgan fingerprint density at radius 2 is 2.12 bits per heavy atom. The molecule has 2 N–H and O–H groups in total. The summed E-state index contributed by atoms with van der Waals surface area (Å²) in [5.74, 6) is 1.45. The summed E-state index contributed by atoms with van der Waals surface area (Å²) in [4.78, 5) is 31.4. The molecule has 0 fully saturated rings. The molecule has 1 unspecified atom stereocenters. The Morgan fingerprint density at radius 1 is 1.31 bits per heavy atom. The molecule has 0 aromatic carbocycles. The van der Waals surface area contributed by atoms with Crippen LogP contribution in [0.3, 0.4) is 0 Å². The summed E-state index contributed by atoms with van der Waals surface area (Å²) in [6.45, 7) is 6.23. The second-order valence-electron chi connectivity index (χ2n) is 6.95. The molecule has 9 heteroatoms. The fourth-order valence-electron chi connectivity index (χ4n) is 3.42. The number of nitrogens with one attached hydrogen (secondary N) is 2. The van der Waals surface area contributed by atoms with Crippen LogP contribution in [-0.4, -0.2) is 37.3 Å².